The minimum atomic E-state index is -0.0766. The molecule has 2 aliphatic rings. The molecule has 1 aromatic carbocycles. The maximum atomic E-state index is 12.5. The average Bonchev–Trinajstić information content (AvgIpc) is 2.49. The van der Waals surface area contributed by atoms with Gasteiger partial charge in [-0.05, 0) is 37.0 Å². The Kier molecular flexibility index (Phi) is 3.76. The number of piperidine rings is 2. The highest BCUT2D eigenvalue weighted by Gasteiger charge is 2.35. The van der Waals surface area contributed by atoms with Crippen LogP contribution in [0.25, 0.3) is 0 Å². The van der Waals surface area contributed by atoms with Gasteiger partial charge in [0.05, 0.1) is 5.02 Å². The number of hydrogen-bond donors (Lipinski definition) is 2. The largest absolute Gasteiger partial charge is 0.506 e. The van der Waals surface area contributed by atoms with E-state index in [9.17, 15) is 14.7 Å². The number of carbonyl (C=O) groups is 2. The van der Waals surface area contributed by atoms with Crippen molar-refractivity contribution in [3.63, 3.8) is 0 Å². The van der Waals surface area contributed by atoms with Gasteiger partial charge in [0.1, 0.15) is 5.75 Å². The number of fused-ring (bicyclic) bond motifs is 1. The fourth-order valence-corrected chi connectivity index (χ4v) is 3.30. The topological polar surface area (TPSA) is 69.6 Å². The third-order valence-electron chi connectivity index (χ3n) is 4.30. The van der Waals surface area contributed by atoms with E-state index >= 15 is 0 Å². The van der Waals surface area contributed by atoms with E-state index in [-0.39, 0.29) is 28.6 Å². The molecular formula is C15H17ClN2O3. The van der Waals surface area contributed by atoms with E-state index in [4.69, 9.17) is 11.6 Å². The van der Waals surface area contributed by atoms with E-state index in [1.165, 1.54) is 12.1 Å². The van der Waals surface area contributed by atoms with Crippen molar-refractivity contribution in [2.24, 2.45) is 5.92 Å². The molecule has 2 heterocycles. The van der Waals surface area contributed by atoms with Crippen molar-refractivity contribution in [1.82, 2.24) is 10.2 Å². The number of benzene rings is 1. The van der Waals surface area contributed by atoms with Crippen LogP contribution in [0.2, 0.25) is 5.02 Å². The van der Waals surface area contributed by atoms with Gasteiger partial charge in [-0.25, -0.2) is 0 Å². The highest BCUT2D eigenvalue weighted by Crippen LogP contribution is 2.28. The number of hydrogen-bond acceptors (Lipinski definition) is 3. The lowest BCUT2D eigenvalue weighted by molar-refractivity contribution is -0.125. The molecule has 0 spiro atoms. The Morgan fingerprint density at radius 1 is 1.38 bits per heavy atom. The molecule has 0 bridgehead atoms. The quantitative estimate of drug-likeness (QED) is 0.831. The Balaban J connectivity index is 1.71. The van der Waals surface area contributed by atoms with Gasteiger partial charge in [-0.1, -0.05) is 11.6 Å². The predicted octanol–water partition coefficient (Wildman–Crippen LogP) is 1.79. The molecule has 1 aromatic rings. The van der Waals surface area contributed by atoms with Crippen molar-refractivity contribution in [2.75, 3.05) is 13.1 Å². The van der Waals surface area contributed by atoms with Gasteiger partial charge in [0, 0.05) is 31.1 Å². The number of nitrogens with zero attached hydrogens (tertiary/aromatic N) is 1. The van der Waals surface area contributed by atoms with Gasteiger partial charge in [-0.2, -0.15) is 0 Å². The molecule has 0 aromatic heterocycles. The van der Waals surface area contributed by atoms with Gasteiger partial charge in [0.15, 0.2) is 0 Å². The SMILES string of the molecule is O=C1CCC2CN(C(=O)c3ccc(O)c(Cl)c3)CCC2N1. The summed E-state index contributed by atoms with van der Waals surface area (Å²) in [6.07, 6.45) is 2.15. The van der Waals surface area contributed by atoms with Crippen molar-refractivity contribution < 1.29 is 14.7 Å². The molecule has 2 unspecified atom stereocenters. The molecule has 0 saturated carbocycles. The van der Waals surface area contributed by atoms with Crippen LogP contribution in [0.5, 0.6) is 5.75 Å². The minimum absolute atomic E-state index is 0.0260. The third kappa shape index (κ3) is 2.83. The second-order valence-corrected chi connectivity index (χ2v) is 6.09. The number of nitrogens with one attached hydrogen (secondary N) is 1. The molecule has 2 aliphatic heterocycles. The van der Waals surface area contributed by atoms with Crippen LogP contribution in [0, 0.1) is 5.92 Å². The monoisotopic (exact) mass is 308 g/mol. The number of phenols is 1. The van der Waals surface area contributed by atoms with E-state index in [1.54, 1.807) is 11.0 Å². The van der Waals surface area contributed by atoms with Crippen molar-refractivity contribution >= 4 is 23.4 Å². The third-order valence-corrected chi connectivity index (χ3v) is 4.61. The molecule has 0 aliphatic carbocycles. The summed E-state index contributed by atoms with van der Waals surface area (Å²) in [6, 6.07) is 4.70. The van der Waals surface area contributed by atoms with Crippen molar-refractivity contribution in [3.05, 3.63) is 28.8 Å². The lowest BCUT2D eigenvalue weighted by Gasteiger charge is -2.41. The lowest BCUT2D eigenvalue weighted by atomic mass is 9.85. The summed E-state index contributed by atoms with van der Waals surface area (Å²) >= 11 is 5.86. The molecule has 6 heteroatoms. The molecule has 2 atom stereocenters. The first-order valence-electron chi connectivity index (χ1n) is 7.12. The second-order valence-electron chi connectivity index (χ2n) is 5.68. The molecule has 2 N–H and O–H groups in total. The Hall–Kier alpha value is -1.75. The summed E-state index contributed by atoms with van der Waals surface area (Å²) in [5, 5.41) is 12.6. The maximum absolute atomic E-state index is 12.5. The number of phenolic OH excluding ortho intramolecular Hbond substituents is 1. The Bertz CT molecular complexity index is 590. The molecule has 2 fully saturated rings. The Labute approximate surface area is 127 Å². The Morgan fingerprint density at radius 2 is 2.19 bits per heavy atom. The summed E-state index contributed by atoms with van der Waals surface area (Å²) in [7, 11) is 0. The average molecular weight is 309 g/mol. The summed E-state index contributed by atoms with van der Waals surface area (Å²) in [5.74, 6) is 0.337. The highest BCUT2D eigenvalue weighted by atomic mass is 35.5. The van der Waals surface area contributed by atoms with Crippen LogP contribution in [0.4, 0.5) is 0 Å². The van der Waals surface area contributed by atoms with Crippen molar-refractivity contribution in [2.45, 2.75) is 25.3 Å². The van der Waals surface area contributed by atoms with Gasteiger partial charge in [0.25, 0.3) is 5.91 Å². The van der Waals surface area contributed by atoms with Crippen molar-refractivity contribution in [1.29, 1.82) is 0 Å². The van der Waals surface area contributed by atoms with E-state index in [0.29, 0.717) is 31.0 Å². The zero-order valence-electron chi connectivity index (χ0n) is 11.5. The number of carbonyl (C=O) groups excluding carboxylic acids is 2. The second kappa shape index (κ2) is 5.56. The van der Waals surface area contributed by atoms with Crippen LogP contribution in [-0.2, 0) is 4.79 Å². The number of likely N-dealkylation sites (tertiary alicyclic amines) is 1. The first-order valence-corrected chi connectivity index (χ1v) is 7.49. The van der Waals surface area contributed by atoms with Crippen LogP contribution in [0.15, 0.2) is 18.2 Å². The molecule has 2 saturated heterocycles. The van der Waals surface area contributed by atoms with Gasteiger partial charge in [-0.15, -0.1) is 0 Å². The zero-order chi connectivity index (χ0) is 15.0. The molecule has 21 heavy (non-hydrogen) atoms. The smallest absolute Gasteiger partial charge is 0.253 e. The van der Waals surface area contributed by atoms with Gasteiger partial charge in [0.2, 0.25) is 5.91 Å². The van der Waals surface area contributed by atoms with E-state index in [2.05, 4.69) is 5.32 Å². The van der Waals surface area contributed by atoms with Gasteiger partial charge < -0.3 is 15.3 Å². The van der Waals surface area contributed by atoms with Crippen LogP contribution >= 0.6 is 11.6 Å². The highest BCUT2D eigenvalue weighted by molar-refractivity contribution is 6.32. The first-order chi connectivity index (χ1) is 10.0. The molecule has 3 rings (SSSR count). The number of amides is 2. The molecule has 5 nitrogen and oxygen atoms in total. The zero-order valence-corrected chi connectivity index (χ0v) is 12.3. The van der Waals surface area contributed by atoms with Crippen LogP contribution in [-0.4, -0.2) is 41.0 Å². The minimum Gasteiger partial charge on any atom is -0.506 e. The van der Waals surface area contributed by atoms with E-state index < -0.39 is 0 Å². The lowest BCUT2D eigenvalue weighted by Crippen LogP contribution is -2.55. The summed E-state index contributed by atoms with van der Waals surface area (Å²) < 4.78 is 0. The fourth-order valence-electron chi connectivity index (χ4n) is 3.12. The summed E-state index contributed by atoms with van der Waals surface area (Å²) in [4.78, 5) is 25.7. The number of halogens is 1. The van der Waals surface area contributed by atoms with E-state index in [0.717, 1.165) is 12.8 Å². The summed E-state index contributed by atoms with van der Waals surface area (Å²) in [5.41, 5.74) is 0.482. The number of aromatic hydroxyl groups is 1. The van der Waals surface area contributed by atoms with E-state index in [1.807, 2.05) is 0 Å². The molecule has 2 amide bonds. The Morgan fingerprint density at radius 3 is 2.95 bits per heavy atom. The van der Waals surface area contributed by atoms with Crippen LogP contribution in [0.3, 0.4) is 0 Å². The van der Waals surface area contributed by atoms with Gasteiger partial charge >= 0.3 is 0 Å². The molecule has 0 radical (unpaired) electrons. The predicted molar refractivity (Wildman–Crippen MR) is 78.3 cm³/mol. The van der Waals surface area contributed by atoms with Crippen molar-refractivity contribution in [3.8, 4) is 5.75 Å². The molecule has 112 valence electrons. The fraction of sp³-hybridized carbons (Fsp3) is 0.467. The summed E-state index contributed by atoms with van der Waals surface area (Å²) in [6.45, 7) is 1.28. The maximum Gasteiger partial charge on any atom is 0.253 e. The first kappa shape index (κ1) is 14.2. The normalized spacial score (nSPS) is 25.2. The van der Waals surface area contributed by atoms with Crippen LogP contribution < -0.4 is 5.32 Å². The molecular weight excluding hydrogens is 292 g/mol. The van der Waals surface area contributed by atoms with Crippen LogP contribution in [0.1, 0.15) is 29.6 Å². The van der Waals surface area contributed by atoms with Gasteiger partial charge in [-0.3, -0.25) is 9.59 Å². The standard InChI is InChI=1S/C15H17ClN2O3/c16-11-7-9(1-3-13(11)19)15(21)18-6-5-12-10(8-18)2-4-14(20)17-12/h1,3,7,10,12,19H,2,4-6,8H2,(H,17,20). The number of rotatable bonds is 1.